The summed E-state index contributed by atoms with van der Waals surface area (Å²) in [6, 6.07) is 3.04. The number of pyridine rings is 1. The van der Waals surface area contributed by atoms with Gasteiger partial charge in [-0.3, -0.25) is 0 Å². The van der Waals surface area contributed by atoms with E-state index in [2.05, 4.69) is 4.98 Å². The van der Waals surface area contributed by atoms with Crippen molar-refractivity contribution in [2.75, 3.05) is 25.6 Å². The summed E-state index contributed by atoms with van der Waals surface area (Å²) in [6.07, 6.45) is 2.42. The third kappa shape index (κ3) is 4.27. The summed E-state index contributed by atoms with van der Waals surface area (Å²) >= 11 is 0. The normalized spacial score (nSPS) is 10.1. The van der Waals surface area contributed by atoms with Crippen LogP contribution in [0.15, 0.2) is 18.3 Å². The molecule has 0 spiro atoms. The topological polar surface area (TPSA) is 74.4 Å². The number of hydrogen-bond donors (Lipinski definition) is 1. The fraction of sp³-hybridized carbons (Fsp3) is 0.455. The van der Waals surface area contributed by atoms with Crippen molar-refractivity contribution in [3.05, 3.63) is 23.9 Å². The Labute approximate surface area is 94.6 Å². The zero-order chi connectivity index (χ0) is 11.8. The Hall–Kier alpha value is -1.62. The number of esters is 1. The van der Waals surface area contributed by atoms with Crippen molar-refractivity contribution < 1.29 is 14.3 Å². The Morgan fingerprint density at radius 1 is 1.44 bits per heavy atom. The van der Waals surface area contributed by atoms with E-state index in [4.69, 9.17) is 15.2 Å². The standard InChI is InChI=1S/C11H16N2O3/c1-2-5-15-6-7-16-11(14)9-3-4-13-10(12)8-9/h3-4,8H,2,5-7H2,1H3,(H2,12,13). The highest BCUT2D eigenvalue weighted by atomic mass is 16.6. The largest absolute Gasteiger partial charge is 0.460 e. The van der Waals surface area contributed by atoms with Crippen LogP contribution in [0, 0.1) is 0 Å². The number of anilines is 1. The molecule has 2 N–H and O–H groups in total. The molecule has 88 valence electrons. The molecule has 5 nitrogen and oxygen atoms in total. The summed E-state index contributed by atoms with van der Waals surface area (Å²) in [5, 5.41) is 0. The van der Waals surface area contributed by atoms with Crippen LogP contribution >= 0.6 is 0 Å². The lowest BCUT2D eigenvalue weighted by Crippen LogP contribution is -2.11. The quantitative estimate of drug-likeness (QED) is 0.581. The minimum atomic E-state index is -0.408. The molecule has 1 rings (SSSR count). The summed E-state index contributed by atoms with van der Waals surface area (Å²) in [6.45, 7) is 3.37. The first-order valence-corrected chi connectivity index (χ1v) is 5.20. The second-order valence-electron chi connectivity index (χ2n) is 3.22. The average Bonchev–Trinajstić information content (AvgIpc) is 2.28. The molecule has 16 heavy (non-hydrogen) atoms. The first-order valence-electron chi connectivity index (χ1n) is 5.20. The Bertz CT molecular complexity index is 342. The van der Waals surface area contributed by atoms with Gasteiger partial charge in [-0.15, -0.1) is 0 Å². The summed E-state index contributed by atoms with van der Waals surface area (Å²) in [7, 11) is 0. The van der Waals surface area contributed by atoms with Gasteiger partial charge in [-0.25, -0.2) is 9.78 Å². The monoisotopic (exact) mass is 224 g/mol. The van der Waals surface area contributed by atoms with Crippen LogP contribution in [0.1, 0.15) is 23.7 Å². The predicted molar refractivity (Wildman–Crippen MR) is 60.0 cm³/mol. The zero-order valence-electron chi connectivity index (χ0n) is 9.31. The van der Waals surface area contributed by atoms with E-state index in [1.54, 1.807) is 6.07 Å². The molecule has 0 radical (unpaired) electrons. The van der Waals surface area contributed by atoms with Crippen LogP contribution in [0.3, 0.4) is 0 Å². The second-order valence-corrected chi connectivity index (χ2v) is 3.22. The van der Waals surface area contributed by atoms with E-state index >= 15 is 0 Å². The maximum atomic E-state index is 11.5. The third-order valence-electron chi connectivity index (χ3n) is 1.83. The maximum absolute atomic E-state index is 11.5. The van der Waals surface area contributed by atoms with E-state index in [9.17, 15) is 4.79 Å². The number of carbonyl (C=O) groups is 1. The van der Waals surface area contributed by atoms with Gasteiger partial charge >= 0.3 is 5.97 Å². The lowest BCUT2D eigenvalue weighted by atomic mass is 10.3. The van der Waals surface area contributed by atoms with Crippen molar-refractivity contribution >= 4 is 11.8 Å². The van der Waals surface area contributed by atoms with Crippen molar-refractivity contribution in [1.82, 2.24) is 4.98 Å². The van der Waals surface area contributed by atoms with Gasteiger partial charge in [0.1, 0.15) is 12.4 Å². The third-order valence-corrected chi connectivity index (χ3v) is 1.83. The molecule has 0 unspecified atom stereocenters. The Kier molecular flexibility index (Phi) is 5.28. The number of aromatic nitrogens is 1. The Morgan fingerprint density at radius 3 is 2.94 bits per heavy atom. The number of nitrogens with two attached hydrogens (primary N) is 1. The van der Waals surface area contributed by atoms with Crippen LogP contribution in [0.5, 0.6) is 0 Å². The number of nitrogen functional groups attached to an aromatic ring is 1. The van der Waals surface area contributed by atoms with Crippen molar-refractivity contribution in [2.45, 2.75) is 13.3 Å². The Balaban J connectivity index is 2.30. The molecule has 0 aliphatic heterocycles. The summed E-state index contributed by atoms with van der Waals surface area (Å²) in [5.41, 5.74) is 5.85. The molecule has 0 bridgehead atoms. The first-order chi connectivity index (χ1) is 7.74. The van der Waals surface area contributed by atoms with Gasteiger partial charge in [0.25, 0.3) is 0 Å². The number of nitrogens with zero attached hydrogens (tertiary/aromatic N) is 1. The molecule has 0 aromatic carbocycles. The average molecular weight is 224 g/mol. The van der Waals surface area contributed by atoms with Gasteiger partial charge in [0, 0.05) is 12.8 Å². The van der Waals surface area contributed by atoms with Gasteiger partial charge in [-0.05, 0) is 18.6 Å². The number of carbonyl (C=O) groups excluding carboxylic acids is 1. The molecule has 0 aliphatic carbocycles. The van der Waals surface area contributed by atoms with Crippen LogP contribution in [0.25, 0.3) is 0 Å². The second kappa shape index (κ2) is 6.79. The lowest BCUT2D eigenvalue weighted by Gasteiger charge is -2.05. The molecule has 1 heterocycles. The zero-order valence-corrected chi connectivity index (χ0v) is 9.31. The van der Waals surface area contributed by atoms with E-state index in [0.717, 1.165) is 6.42 Å². The smallest absolute Gasteiger partial charge is 0.338 e. The van der Waals surface area contributed by atoms with Crippen LogP contribution < -0.4 is 5.73 Å². The molecule has 1 aromatic heterocycles. The molecule has 0 aliphatic rings. The van der Waals surface area contributed by atoms with Gasteiger partial charge in [0.05, 0.1) is 12.2 Å². The van der Waals surface area contributed by atoms with Gasteiger partial charge in [0.15, 0.2) is 0 Å². The molecule has 0 amide bonds. The van der Waals surface area contributed by atoms with Gasteiger partial charge in [-0.2, -0.15) is 0 Å². The molecule has 5 heteroatoms. The van der Waals surface area contributed by atoms with Crippen molar-refractivity contribution in [3.8, 4) is 0 Å². The van der Waals surface area contributed by atoms with Crippen LogP contribution in [-0.2, 0) is 9.47 Å². The van der Waals surface area contributed by atoms with Crippen LogP contribution in [0.4, 0.5) is 5.82 Å². The fourth-order valence-corrected chi connectivity index (χ4v) is 1.10. The van der Waals surface area contributed by atoms with Crippen LogP contribution in [0.2, 0.25) is 0 Å². The molecule has 0 fully saturated rings. The van der Waals surface area contributed by atoms with Gasteiger partial charge in [0.2, 0.25) is 0 Å². The highest BCUT2D eigenvalue weighted by molar-refractivity contribution is 5.89. The summed E-state index contributed by atoms with van der Waals surface area (Å²) < 4.78 is 10.2. The SMILES string of the molecule is CCCOCCOC(=O)c1ccnc(N)c1. The maximum Gasteiger partial charge on any atom is 0.338 e. The minimum absolute atomic E-state index is 0.251. The summed E-state index contributed by atoms with van der Waals surface area (Å²) in [5.74, 6) is -0.106. The predicted octanol–water partition coefficient (Wildman–Crippen LogP) is 1.25. The molecular formula is C11H16N2O3. The van der Waals surface area contributed by atoms with Gasteiger partial charge in [-0.1, -0.05) is 6.92 Å². The Morgan fingerprint density at radius 2 is 2.25 bits per heavy atom. The van der Waals surface area contributed by atoms with E-state index in [-0.39, 0.29) is 6.61 Å². The summed E-state index contributed by atoms with van der Waals surface area (Å²) in [4.78, 5) is 15.3. The van der Waals surface area contributed by atoms with Crippen molar-refractivity contribution in [1.29, 1.82) is 0 Å². The number of ether oxygens (including phenoxy) is 2. The van der Waals surface area contributed by atoms with E-state index < -0.39 is 5.97 Å². The molecule has 0 saturated carbocycles. The van der Waals surface area contributed by atoms with Crippen molar-refractivity contribution in [3.63, 3.8) is 0 Å². The van der Waals surface area contributed by atoms with Gasteiger partial charge < -0.3 is 15.2 Å². The highest BCUT2D eigenvalue weighted by Crippen LogP contribution is 2.04. The van der Waals surface area contributed by atoms with E-state index in [0.29, 0.717) is 24.6 Å². The molecule has 1 aromatic rings. The molecular weight excluding hydrogens is 208 g/mol. The molecule has 0 atom stereocenters. The van der Waals surface area contributed by atoms with Crippen LogP contribution in [-0.4, -0.2) is 30.8 Å². The van der Waals surface area contributed by atoms with Crippen molar-refractivity contribution in [2.24, 2.45) is 0 Å². The molecule has 0 saturated heterocycles. The van der Waals surface area contributed by atoms with E-state index in [1.165, 1.54) is 12.3 Å². The fourth-order valence-electron chi connectivity index (χ4n) is 1.10. The first kappa shape index (κ1) is 12.4. The number of rotatable bonds is 6. The highest BCUT2D eigenvalue weighted by Gasteiger charge is 2.06. The minimum Gasteiger partial charge on any atom is -0.460 e. The lowest BCUT2D eigenvalue weighted by molar-refractivity contribution is 0.0318. The number of hydrogen-bond acceptors (Lipinski definition) is 5. The van der Waals surface area contributed by atoms with E-state index in [1.807, 2.05) is 6.92 Å².